The zero-order chi connectivity index (χ0) is 14.7. The lowest BCUT2D eigenvalue weighted by atomic mass is 10.0. The van der Waals surface area contributed by atoms with Gasteiger partial charge in [-0.15, -0.1) is 0 Å². The van der Waals surface area contributed by atoms with Crippen LogP contribution in [0.1, 0.15) is 22.8 Å². The second-order valence-corrected chi connectivity index (χ2v) is 4.52. The molecule has 6 heteroatoms. The molecule has 0 aromatic heterocycles. The van der Waals surface area contributed by atoms with Gasteiger partial charge in [-0.05, 0) is 18.1 Å². The van der Waals surface area contributed by atoms with Crippen molar-refractivity contribution in [3.8, 4) is 17.2 Å². The maximum absolute atomic E-state index is 11.3. The van der Waals surface area contributed by atoms with Gasteiger partial charge >= 0.3 is 0 Å². The number of likely N-dealkylation sites (N-methyl/N-ethyl adjacent to an activating group) is 1. The molecular formula is C14H17NO5. The minimum absolute atomic E-state index is 0.0228. The molecule has 1 aliphatic heterocycles. The summed E-state index contributed by atoms with van der Waals surface area (Å²) in [6, 6.07) is 1.77. The summed E-state index contributed by atoms with van der Waals surface area (Å²) in [5.74, 6) is 1.38. The number of methoxy groups -OCH3 is 1. The number of benzene rings is 1. The SMILES string of the molecule is COc1c(C=O)c(CCN(C)C(C)=O)cc2c1OCO2. The molecule has 0 atom stereocenters. The van der Waals surface area contributed by atoms with Crippen LogP contribution in [0.15, 0.2) is 6.07 Å². The number of rotatable bonds is 5. The molecule has 0 N–H and O–H groups in total. The minimum atomic E-state index is -0.0228. The van der Waals surface area contributed by atoms with E-state index in [1.165, 1.54) is 14.0 Å². The van der Waals surface area contributed by atoms with E-state index in [2.05, 4.69) is 0 Å². The maximum Gasteiger partial charge on any atom is 0.231 e. The van der Waals surface area contributed by atoms with Crippen LogP contribution >= 0.6 is 0 Å². The largest absolute Gasteiger partial charge is 0.492 e. The molecule has 0 aliphatic carbocycles. The molecule has 0 radical (unpaired) electrons. The van der Waals surface area contributed by atoms with Gasteiger partial charge in [0.1, 0.15) is 0 Å². The number of carbonyl (C=O) groups excluding carboxylic acids is 2. The Bertz CT molecular complexity index is 541. The van der Waals surface area contributed by atoms with Gasteiger partial charge in [-0.1, -0.05) is 0 Å². The number of ether oxygens (including phenoxy) is 3. The lowest BCUT2D eigenvalue weighted by Crippen LogP contribution is -2.26. The van der Waals surface area contributed by atoms with E-state index in [9.17, 15) is 9.59 Å². The lowest BCUT2D eigenvalue weighted by Gasteiger charge is -2.17. The van der Waals surface area contributed by atoms with Gasteiger partial charge in [0.05, 0.1) is 12.7 Å². The third-order valence-electron chi connectivity index (χ3n) is 3.32. The Morgan fingerprint density at radius 2 is 2.25 bits per heavy atom. The molecule has 0 saturated carbocycles. The molecule has 0 fully saturated rings. The predicted molar refractivity (Wildman–Crippen MR) is 71.5 cm³/mol. The second-order valence-electron chi connectivity index (χ2n) is 4.52. The van der Waals surface area contributed by atoms with Crippen LogP contribution in [-0.4, -0.2) is 44.6 Å². The molecule has 0 unspecified atom stereocenters. The summed E-state index contributed by atoms with van der Waals surface area (Å²) >= 11 is 0. The lowest BCUT2D eigenvalue weighted by molar-refractivity contribution is -0.127. The topological polar surface area (TPSA) is 65.1 Å². The monoisotopic (exact) mass is 279 g/mol. The first-order chi connectivity index (χ1) is 9.58. The first kappa shape index (κ1) is 14.2. The molecule has 20 heavy (non-hydrogen) atoms. The van der Waals surface area contributed by atoms with E-state index in [0.717, 1.165) is 11.8 Å². The molecule has 0 spiro atoms. The van der Waals surface area contributed by atoms with Crippen molar-refractivity contribution in [2.24, 2.45) is 0 Å². The summed E-state index contributed by atoms with van der Waals surface area (Å²) in [5.41, 5.74) is 1.21. The number of nitrogens with zero attached hydrogens (tertiary/aromatic N) is 1. The summed E-state index contributed by atoms with van der Waals surface area (Å²) in [6.45, 7) is 2.13. The number of hydrogen-bond acceptors (Lipinski definition) is 5. The summed E-state index contributed by atoms with van der Waals surface area (Å²) in [5, 5.41) is 0. The fourth-order valence-corrected chi connectivity index (χ4v) is 2.06. The van der Waals surface area contributed by atoms with Gasteiger partial charge in [0.25, 0.3) is 0 Å². The van der Waals surface area contributed by atoms with Crippen molar-refractivity contribution in [2.75, 3.05) is 27.5 Å². The van der Waals surface area contributed by atoms with E-state index < -0.39 is 0 Å². The molecule has 0 bridgehead atoms. The van der Waals surface area contributed by atoms with Crippen LogP contribution in [0.4, 0.5) is 0 Å². The van der Waals surface area contributed by atoms with Crippen LogP contribution in [-0.2, 0) is 11.2 Å². The van der Waals surface area contributed by atoms with Gasteiger partial charge < -0.3 is 19.1 Å². The Morgan fingerprint density at radius 3 is 2.85 bits per heavy atom. The van der Waals surface area contributed by atoms with Crippen molar-refractivity contribution >= 4 is 12.2 Å². The number of amides is 1. The van der Waals surface area contributed by atoms with Crippen LogP contribution in [0.2, 0.25) is 0 Å². The van der Waals surface area contributed by atoms with E-state index in [4.69, 9.17) is 14.2 Å². The Morgan fingerprint density at radius 1 is 1.50 bits per heavy atom. The molecule has 1 amide bonds. The molecule has 1 aliphatic rings. The highest BCUT2D eigenvalue weighted by molar-refractivity contribution is 5.85. The van der Waals surface area contributed by atoms with Crippen molar-refractivity contribution in [1.82, 2.24) is 4.90 Å². The van der Waals surface area contributed by atoms with E-state index in [1.54, 1.807) is 18.0 Å². The second kappa shape index (κ2) is 5.81. The van der Waals surface area contributed by atoms with Crippen LogP contribution in [0.3, 0.4) is 0 Å². The molecule has 0 saturated heterocycles. The van der Waals surface area contributed by atoms with Crippen molar-refractivity contribution in [2.45, 2.75) is 13.3 Å². The Kier molecular flexibility index (Phi) is 4.12. The highest BCUT2D eigenvalue weighted by atomic mass is 16.7. The molecule has 2 rings (SSSR count). The first-order valence-corrected chi connectivity index (χ1v) is 6.24. The fraction of sp³-hybridized carbons (Fsp3) is 0.429. The number of hydrogen-bond donors (Lipinski definition) is 0. The third kappa shape index (κ3) is 2.54. The summed E-state index contributed by atoms with van der Waals surface area (Å²) in [6.07, 6.45) is 1.28. The van der Waals surface area contributed by atoms with Gasteiger partial charge in [0.15, 0.2) is 17.8 Å². The predicted octanol–water partition coefficient (Wildman–Crippen LogP) is 1.26. The Labute approximate surface area is 117 Å². The van der Waals surface area contributed by atoms with Gasteiger partial charge in [0, 0.05) is 20.5 Å². The molecule has 1 heterocycles. The number of carbonyl (C=O) groups is 2. The van der Waals surface area contributed by atoms with Crippen LogP contribution < -0.4 is 14.2 Å². The van der Waals surface area contributed by atoms with Crippen molar-refractivity contribution in [3.63, 3.8) is 0 Å². The highest BCUT2D eigenvalue weighted by Crippen LogP contribution is 2.44. The quantitative estimate of drug-likeness (QED) is 0.759. The summed E-state index contributed by atoms with van der Waals surface area (Å²) in [7, 11) is 3.20. The van der Waals surface area contributed by atoms with Crippen molar-refractivity contribution in [1.29, 1.82) is 0 Å². The molecule has 1 aromatic rings. The standard InChI is InChI=1S/C14H17NO5/c1-9(17)15(2)5-4-10-6-12-14(20-8-19-12)13(18-3)11(10)7-16/h6-7H,4-5,8H2,1-3H3. The zero-order valence-electron chi connectivity index (χ0n) is 11.8. The van der Waals surface area contributed by atoms with E-state index in [0.29, 0.717) is 35.8 Å². The number of fused-ring (bicyclic) bond motifs is 1. The maximum atomic E-state index is 11.3. The van der Waals surface area contributed by atoms with E-state index >= 15 is 0 Å². The fourth-order valence-electron chi connectivity index (χ4n) is 2.06. The minimum Gasteiger partial charge on any atom is -0.492 e. The van der Waals surface area contributed by atoms with Gasteiger partial charge in [-0.2, -0.15) is 0 Å². The zero-order valence-corrected chi connectivity index (χ0v) is 11.8. The first-order valence-electron chi connectivity index (χ1n) is 6.24. The normalized spacial score (nSPS) is 12.2. The summed E-state index contributed by atoms with van der Waals surface area (Å²) < 4.78 is 15.9. The average molecular weight is 279 g/mol. The number of aldehydes is 1. The Balaban J connectivity index is 2.33. The van der Waals surface area contributed by atoms with Gasteiger partial charge in [0.2, 0.25) is 18.4 Å². The van der Waals surface area contributed by atoms with Gasteiger partial charge in [-0.25, -0.2) is 0 Å². The third-order valence-corrected chi connectivity index (χ3v) is 3.32. The van der Waals surface area contributed by atoms with E-state index in [-0.39, 0.29) is 12.7 Å². The van der Waals surface area contributed by atoms with Crippen LogP contribution in [0, 0.1) is 0 Å². The van der Waals surface area contributed by atoms with Crippen LogP contribution in [0.25, 0.3) is 0 Å². The average Bonchev–Trinajstić information content (AvgIpc) is 2.90. The summed E-state index contributed by atoms with van der Waals surface area (Å²) in [4.78, 5) is 24.1. The van der Waals surface area contributed by atoms with Crippen molar-refractivity contribution in [3.05, 3.63) is 17.2 Å². The van der Waals surface area contributed by atoms with E-state index in [1.807, 2.05) is 0 Å². The molecule has 1 aromatic carbocycles. The van der Waals surface area contributed by atoms with Crippen molar-refractivity contribution < 1.29 is 23.8 Å². The smallest absolute Gasteiger partial charge is 0.231 e. The van der Waals surface area contributed by atoms with Gasteiger partial charge in [-0.3, -0.25) is 9.59 Å². The molecular weight excluding hydrogens is 262 g/mol. The van der Waals surface area contributed by atoms with Crippen LogP contribution in [0.5, 0.6) is 17.2 Å². The molecule has 108 valence electrons. The highest BCUT2D eigenvalue weighted by Gasteiger charge is 2.25. The Hall–Kier alpha value is -2.24. The molecule has 6 nitrogen and oxygen atoms in total.